The van der Waals surface area contributed by atoms with Gasteiger partial charge in [-0.2, -0.15) is 0 Å². The fourth-order valence-corrected chi connectivity index (χ4v) is 1.94. The number of likely N-dealkylation sites (tertiary alicyclic amines) is 1. The minimum Gasteiger partial charge on any atom is -0.381 e. The van der Waals surface area contributed by atoms with Crippen molar-refractivity contribution in [2.24, 2.45) is 5.73 Å². The van der Waals surface area contributed by atoms with E-state index in [0.29, 0.717) is 13.1 Å². The van der Waals surface area contributed by atoms with E-state index in [1.165, 1.54) is 0 Å². The Balaban J connectivity index is 2.43. The van der Waals surface area contributed by atoms with Crippen molar-refractivity contribution in [3.05, 3.63) is 0 Å². The molecule has 0 aromatic carbocycles. The summed E-state index contributed by atoms with van der Waals surface area (Å²) in [6.07, 6.45) is -0.514. The number of nitrogens with zero attached hydrogens (tertiary/aromatic N) is 1. The molecule has 5 heteroatoms. The first-order valence-corrected chi connectivity index (χ1v) is 4.92. The van der Waals surface area contributed by atoms with Gasteiger partial charge in [-0.05, 0) is 12.8 Å². The number of piperidine rings is 1. The van der Waals surface area contributed by atoms with Gasteiger partial charge in [0.05, 0.1) is 12.6 Å². The highest BCUT2D eigenvalue weighted by molar-refractivity contribution is 4.83. The van der Waals surface area contributed by atoms with Crippen LogP contribution >= 0.6 is 0 Å². The fraction of sp³-hybridized carbons (Fsp3) is 1.00. The van der Waals surface area contributed by atoms with Crippen molar-refractivity contribution in [2.45, 2.75) is 31.4 Å². The second-order valence-electron chi connectivity index (χ2n) is 3.66. The molecule has 1 rings (SSSR count). The van der Waals surface area contributed by atoms with Crippen molar-refractivity contribution in [3.8, 4) is 0 Å². The van der Waals surface area contributed by atoms with Crippen LogP contribution in [0.25, 0.3) is 0 Å². The molecule has 2 unspecified atom stereocenters. The summed E-state index contributed by atoms with van der Waals surface area (Å²) in [4.78, 5) is 1.76. The number of rotatable bonds is 4. The standard InChI is InChI=1S/C9H18F2N2O/c1-14-8-2-3-13(6-9(10)11)7(4-8)5-12/h7-9H,2-6,12H2,1H3. The summed E-state index contributed by atoms with van der Waals surface area (Å²) < 4.78 is 29.6. The summed E-state index contributed by atoms with van der Waals surface area (Å²) in [6.45, 7) is 0.912. The molecule has 0 spiro atoms. The predicted molar refractivity (Wildman–Crippen MR) is 50.5 cm³/mol. The van der Waals surface area contributed by atoms with E-state index >= 15 is 0 Å². The molecule has 1 fully saturated rings. The van der Waals surface area contributed by atoms with Gasteiger partial charge in [-0.25, -0.2) is 8.78 Å². The predicted octanol–water partition coefficient (Wildman–Crippen LogP) is 0.690. The summed E-state index contributed by atoms with van der Waals surface area (Å²) in [5.41, 5.74) is 5.54. The van der Waals surface area contributed by atoms with E-state index in [0.717, 1.165) is 12.8 Å². The van der Waals surface area contributed by atoms with Crippen LogP contribution in [0.3, 0.4) is 0 Å². The summed E-state index contributed by atoms with van der Waals surface area (Å²) in [5, 5.41) is 0. The monoisotopic (exact) mass is 208 g/mol. The molecule has 0 aromatic rings. The molecule has 0 radical (unpaired) electrons. The zero-order chi connectivity index (χ0) is 10.6. The van der Waals surface area contributed by atoms with Crippen LogP contribution in [-0.4, -0.2) is 50.2 Å². The Morgan fingerprint density at radius 1 is 1.57 bits per heavy atom. The Morgan fingerprint density at radius 3 is 2.79 bits per heavy atom. The molecule has 1 aliphatic heterocycles. The third-order valence-corrected chi connectivity index (χ3v) is 2.77. The molecule has 1 aliphatic rings. The maximum Gasteiger partial charge on any atom is 0.251 e. The quantitative estimate of drug-likeness (QED) is 0.738. The lowest BCUT2D eigenvalue weighted by atomic mass is 9.99. The first-order valence-electron chi connectivity index (χ1n) is 4.92. The van der Waals surface area contributed by atoms with Crippen molar-refractivity contribution in [2.75, 3.05) is 26.7 Å². The Hall–Kier alpha value is -0.260. The van der Waals surface area contributed by atoms with E-state index in [1.807, 2.05) is 0 Å². The molecular formula is C9H18F2N2O. The van der Waals surface area contributed by atoms with Crippen molar-refractivity contribution < 1.29 is 13.5 Å². The van der Waals surface area contributed by atoms with E-state index in [-0.39, 0.29) is 18.7 Å². The second-order valence-corrected chi connectivity index (χ2v) is 3.66. The molecular weight excluding hydrogens is 190 g/mol. The van der Waals surface area contributed by atoms with Crippen LogP contribution < -0.4 is 5.73 Å². The third-order valence-electron chi connectivity index (χ3n) is 2.77. The highest BCUT2D eigenvalue weighted by Gasteiger charge is 2.28. The van der Waals surface area contributed by atoms with Crippen molar-refractivity contribution in [3.63, 3.8) is 0 Å². The molecule has 0 amide bonds. The van der Waals surface area contributed by atoms with Crippen LogP contribution in [-0.2, 0) is 4.74 Å². The first-order chi connectivity index (χ1) is 6.67. The van der Waals surface area contributed by atoms with E-state index in [2.05, 4.69) is 0 Å². The molecule has 3 nitrogen and oxygen atoms in total. The number of nitrogens with two attached hydrogens (primary N) is 1. The van der Waals surface area contributed by atoms with Crippen LogP contribution in [0.15, 0.2) is 0 Å². The zero-order valence-corrected chi connectivity index (χ0v) is 8.46. The molecule has 1 heterocycles. The average molecular weight is 208 g/mol. The van der Waals surface area contributed by atoms with Gasteiger partial charge in [0, 0.05) is 26.2 Å². The lowest BCUT2D eigenvalue weighted by Crippen LogP contribution is -2.50. The molecule has 2 N–H and O–H groups in total. The molecule has 0 bridgehead atoms. The van der Waals surface area contributed by atoms with Gasteiger partial charge in [-0.1, -0.05) is 0 Å². The topological polar surface area (TPSA) is 38.5 Å². The molecule has 1 saturated heterocycles. The highest BCUT2D eigenvalue weighted by Crippen LogP contribution is 2.19. The van der Waals surface area contributed by atoms with Gasteiger partial charge in [-0.3, -0.25) is 4.90 Å². The summed E-state index contributed by atoms with van der Waals surface area (Å²) in [6, 6.07) is 0.0442. The Morgan fingerprint density at radius 2 is 2.29 bits per heavy atom. The van der Waals surface area contributed by atoms with Gasteiger partial charge in [0.2, 0.25) is 0 Å². The second kappa shape index (κ2) is 5.58. The fourth-order valence-electron chi connectivity index (χ4n) is 1.94. The smallest absolute Gasteiger partial charge is 0.251 e. The summed E-state index contributed by atoms with van der Waals surface area (Å²) in [7, 11) is 1.65. The molecule has 84 valence electrons. The van der Waals surface area contributed by atoms with Crippen molar-refractivity contribution in [1.29, 1.82) is 0 Å². The minimum absolute atomic E-state index is 0.0442. The molecule has 2 atom stereocenters. The first kappa shape index (κ1) is 11.8. The van der Waals surface area contributed by atoms with Crippen molar-refractivity contribution >= 4 is 0 Å². The SMILES string of the molecule is COC1CCN(CC(F)F)C(CN)C1. The van der Waals surface area contributed by atoms with Crippen molar-refractivity contribution in [1.82, 2.24) is 4.90 Å². The van der Waals surface area contributed by atoms with E-state index in [4.69, 9.17) is 10.5 Å². The number of alkyl halides is 2. The van der Waals surface area contributed by atoms with Crippen LogP contribution in [0, 0.1) is 0 Å². The Kier molecular flexibility index (Phi) is 4.71. The van der Waals surface area contributed by atoms with Crippen LogP contribution in [0.2, 0.25) is 0 Å². The molecule has 0 saturated carbocycles. The number of hydrogen-bond donors (Lipinski definition) is 1. The number of hydrogen-bond acceptors (Lipinski definition) is 3. The average Bonchev–Trinajstić information content (AvgIpc) is 2.17. The largest absolute Gasteiger partial charge is 0.381 e. The van der Waals surface area contributed by atoms with Crippen LogP contribution in [0.5, 0.6) is 0 Å². The maximum atomic E-state index is 12.2. The normalized spacial score (nSPS) is 29.8. The summed E-state index contributed by atoms with van der Waals surface area (Å²) in [5.74, 6) is 0. The number of ether oxygens (including phenoxy) is 1. The van der Waals surface area contributed by atoms with Gasteiger partial charge >= 0.3 is 0 Å². The van der Waals surface area contributed by atoms with Gasteiger partial charge < -0.3 is 10.5 Å². The lowest BCUT2D eigenvalue weighted by Gasteiger charge is -2.38. The van der Waals surface area contributed by atoms with E-state index in [1.54, 1.807) is 12.0 Å². The molecule has 14 heavy (non-hydrogen) atoms. The van der Waals surface area contributed by atoms with Crippen LogP contribution in [0.1, 0.15) is 12.8 Å². The molecule has 0 aromatic heterocycles. The van der Waals surface area contributed by atoms with Gasteiger partial charge in [0.15, 0.2) is 0 Å². The summed E-state index contributed by atoms with van der Waals surface area (Å²) >= 11 is 0. The maximum absolute atomic E-state index is 12.2. The minimum atomic E-state index is -2.27. The molecule has 0 aliphatic carbocycles. The van der Waals surface area contributed by atoms with Gasteiger partial charge in [0.1, 0.15) is 0 Å². The van der Waals surface area contributed by atoms with Crippen LogP contribution in [0.4, 0.5) is 8.78 Å². The zero-order valence-electron chi connectivity index (χ0n) is 8.46. The number of methoxy groups -OCH3 is 1. The highest BCUT2D eigenvalue weighted by atomic mass is 19.3. The van der Waals surface area contributed by atoms with Gasteiger partial charge in [-0.15, -0.1) is 0 Å². The van der Waals surface area contributed by atoms with E-state index < -0.39 is 6.43 Å². The van der Waals surface area contributed by atoms with E-state index in [9.17, 15) is 8.78 Å². The third kappa shape index (κ3) is 3.15. The Labute approximate surface area is 83.2 Å². The lowest BCUT2D eigenvalue weighted by molar-refractivity contribution is -0.0104. The number of halogens is 2. The Bertz CT molecular complexity index is 169. The van der Waals surface area contributed by atoms with Gasteiger partial charge in [0.25, 0.3) is 6.43 Å².